The lowest BCUT2D eigenvalue weighted by Gasteiger charge is -2.09. The third-order valence-corrected chi connectivity index (χ3v) is 5.10. The van der Waals surface area contributed by atoms with E-state index in [1.165, 1.54) is 17.8 Å². The van der Waals surface area contributed by atoms with Crippen molar-refractivity contribution in [2.75, 3.05) is 19.0 Å². The number of hydrogen-bond donors (Lipinski definition) is 1. The number of nitrogens with one attached hydrogen (secondary N) is 1. The molecule has 0 saturated carbocycles. The Morgan fingerprint density at radius 3 is 2.46 bits per heavy atom. The summed E-state index contributed by atoms with van der Waals surface area (Å²) in [6.45, 7) is 7.14. The van der Waals surface area contributed by atoms with E-state index in [1.807, 2.05) is 31.2 Å². The van der Waals surface area contributed by atoms with Crippen LogP contribution in [0.25, 0.3) is 0 Å². The molecule has 0 spiro atoms. The Morgan fingerprint density at radius 1 is 1.12 bits per heavy atom. The minimum atomic E-state index is -1.11. The molecule has 142 valence electrons. The molecule has 1 heterocycles. The van der Waals surface area contributed by atoms with Crippen molar-refractivity contribution in [2.45, 2.75) is 38.9 Å². The van der Waals surface area contributed by atoms with Crippen LogP contribution in [-0.4, -0.2) is 28.2 Å². The van der Waals surface area contributed by atoms with Crippen LogP contribution in [-0.2, 0) is 16.6 Å². The molecule has 0 aliphatic heterocycles. The lowest BCUT2D eigenvalue weighted by molar-refractivity contribution is 0.313. The van der Waals surface area contributed by atoms with Crippen LogP contribution in [0.4, 0.5) is 0 Å². The minimum Gasteiger partial charge on any atom is -0.493 e. The Balaban J connectivity index is 1.79. The largest absolute Gasteiger partial charge is 0.493 e. The van der Waals surface area contributed by atoms with Gasteiger partial charge >= 0.3 is 0 Å². The molecular formula is C20H27NO4S. The van der Waals surface area contributed by atoms with Crippen molar-refractivity contribution in [3.05, 3.63) is 58.0 Å². The van der Waals surface area contributed by atoms with Crippen LogP contribution in [0, 0.1) is 0 Å². The van der Waals surface area contributed by atoms with Crippen LogP contribution >= 0.6 is 0 Å². The fraction of sp³-hybridized carbons (Fsp3) is 0.450. The summed E-state index contributed by atoms with van der Waals surface area (Å²) in [7, 11) is -1.11. The summed E-state index contributed by atoms with van der Waals surface area (Å²) >= 11 is 0. The number of pyridine rings is 1. The van der Waals surface area contributed by atoms with Gasteiger partial charge in [-0.05, 0) is 30.0 Å². The normalized spacial score (nSPS) is 12.2. The van der Waals surface area contributed by atoms with E-state index < -0.39 is 10.8 Å². The zero-order valence-electron chi connectivity index (χ0n) is 15.6. The molecule has 0 fully saturated rings. The number of H-pyrrole nitrogens is 1. The minimum absolute atomic E-state index is 0.189. The molecule has 26 heavy (non-hydrogen) atoms. The summed E-state index contributed by atoms with van der Waals surface area (Å²) in [6.07, 6.45) is 2.38. The van der Waals surface area contributed by atoms with E-state index in [2.05, 4.69) is 18.8 Å². The van der Waals surface area contributed by atoms with Gasteiger partial charge in [-0.2, -0.15) is 0 Å². The van der Waals surface area contributed by atoms with Crippen LogP contribution < -0.4 is 14.9 Å². The van der Waals surface area contributed by atoms with Gasteiger partial charge in [-0.1, -0.05) is 32.9 Å². The van der Waals surface area contributed by atoms with Gasteiger partial charge in [-0.25, -0.2) is 0 Å². The maximum atomic E-state index is 12.2. The van der Waals surface area contributed by atoms with Crippen LogP contribution in [0.2, 0.25) is 0 Å². The first kappa shape index (κ1) is 20.2. The fourth-order valence-electron chi connectivity index (χ4n) is 2.36. The molecule has 1 unspecified atom stereocenters. The van der Waals surface area contributed by atoms with Gasteiger partial charge in [0.15, 0.2) is 5.75 Å². The average molecular weight is 378 g/mol. The van der Waals surface area contributed by atoms with Gasteiger partial charge in [0.05, 0.1) is 24.7 Å². The van der Waals surface area contributed by atoms with Crippen molar-refractivity contribution >= 4 is 10.8 Å². The second kappa shape index (κ2) is 10.2. The highest BCUT2D eigenvalue weighted by molar-refractivity contribution is 7.84. The number of ether oxygens (including phenoxy) is 2. The number of aromatic nitrogens is 1. The second-order valence-electron chi connectivity index (χ2n) is 6.40. The lowest BCUT2D eigenvalue weighted by Crippen LogP contribution is -2.14. The monoisotopic (exact) mass is 377 g/mol. The SMILES string of the molecule is CCCOc1c[nH]c(CS(=O)CCOc2ccc(C(C)C)cc2)cc1=O. The maximum absolute atomic E-state index is 12.2. The summed E-state index contributed by atoms with van der Waals surface area (Å²) in [5.41, 5.74) is 1.71. The van der Waals surface area contributed by atoms with Crippen molar-refractivity contribution in [2.24, 2.45) is 0 Å². The molecule has 0 aliphatic carbocycles. The van der Waals surface area contributed by atoms with Gasteiger partial charge in [0.25, 0.3) is 0 Å². The van der Waals surface area contributed by atoms with Crippen molar-refractivity contribution in [3.8, 4) is 11.5 Å². The lowest BCUT2D eigenvalue weighted by atomic mass is 10.0. The molecule has 0 radical (unpaired) electrons. The standard InChI is InChI=1S/C20H27NO4S/c1-4-9-25-20-13-21-17(12-19(20)22)14-26(23)11-10-24-18-7-5-16(6-8-18)15(2)3/h5-8,12-13,15H,4,9-11,14H2,1-3H3,(H,21,22). The molecule has 0 bridgehead atoms. The van der Waals surface area contributed by atoms with Gasteiger partial charge < -0.3 is 14.5 Å². The van der Waals surface area contributed by atoms with E-state index in [0.717, 1.165) is 12.2 Å². The van der Waals surface area contributed by atoms with Gasteiger partial charge in [-0.3, -0.25) is 9.00 Å². The highest BCUT2D eigenvalue weighted by Gasteiger charge is 2.07. The summed E-state index contributed by atoms with van der Waals surface area (Å²) in [6, 6.07) is 9.41. The Morgan fingerprint density at radius 2 is 1.85 bits per heavy atom. The quantitative estimate of drug-likeness (QED) is 0.687. The van der Waals surface area contributed by atoms with E-state index in [9.17, 15) is 9.00 Å². The Bertz CT molecular complexity index is 768. The van der Waals surface area contributed by atoms with Crippen molar-refractivity contribution in [1.29, 1.82) is 0 Å². The van der Waals surface area contributed by atoms with E-state index in [4.69, 9.17) is 9.47 Å². The predicted octanol–water partition coefficient (Wildman–Crippen LogP) is 3.61. The number of hydrogen-bond acceptors (Lipinski definition) is 4. The zero-order chi connectivity index (χ0) is 18.9. The molecule has 0 saturated heterocycles. The fourth-order valence-corrected chi connectivity index (χ4v) is 3.28. The summed E-state index contributed by atoms with van der Waals surface area (Å²) in [5.74, 6) is 2.25. The average Bonchev–Trinajstić information content (AvgIpc) is 2.61. The van der Waals surface area contributed by atoms with Crippen molar-refractivity contribution in [3.63, 3.8) is 0 Å². The van der Waals surface area contributed by atoms with Crippen molar-refractivity contribution < 1.29 is 13.7 Å². The Hall–Kier alpha value is -2.08. The van der Waals surface area contributed by atoms with E-state index in [-0.39, 0.29) is 5.43 Å². The number of aromatic amines is 1. The van der Waals surface area contributed by atoms with Gasteiger partial charge in [0.2, 0.25) is 5.43 Å². The Labute approximate surface area is 157 Å². The van der Waals surface area contributed by atoms with Crippen LogP contribution in [0.15, 0.2) is 41.3 Å². The first-order chi connectivity index (χ1) is 12.5. The summed E-state index contributed by atoms with van der Waals surface area (Å²) in [4.78, 5) is 14.9. The molecule has 2 rings (SSSR count). The summed E-state index contributed by atoms with van der Waals surface area (Å²) < 4.78 is 23.2. The van der Waals surface area contributed by atoms with Crippen LogP contribution in [0.5, 0.6) is 11.5 Å². The van der Waals surface area contributed by atoms with E-state index in [0.29, 0.717) is 42.1 Å². The molecular weight excluding hydrogens is 350 g/mol. The van der Waals surface area contributed by atoms with Gasteiger partial charge in [0.1, 0.15) is 5.75 Å². The third-order valence-electron chi connectivity index (χ3n) is 3.84. The molecule has 5 nitrogen and oxygen atoms in total. The summed E-state index contributed by atoms with van der Waals surface area (Å²) in [5, 5.41) is 0. The molecule has 0 aliphatic rings. The first-order valence-electron chi connectivity index (χ1n) is 8.91. The number of benzene rings is 1. The topological polar surface area (TPSA) is 68.4 Å². The second-order valence-corrected chi connectivity index (χ2v) is 7.97. The molecule has 2 aromatic rings. The highest BCUT2D eigenvalue weighted by Crippen LogP contribution is 2.18. The molecule has 1 atom stereocenters. The predicted molar refractivity (Wildman–Crippen MR) is 106 cm³/mol. The zero-order valence-corrected chi connectivity index (χ0v) is 16.4. The maximum Gasteiger partial charge on any atom is 0.223 e. The van der Waals surface area contributed by atoms with Gasteiger partial charge in [0, 0.05) is 28.8 Å². The van der Waals surface area contributed by atoms with Gasteiger partial charge in [-0.15, -0.1) is 0 Å². The molecule has 0 amide bonds. The van der Waals surface area contributed by atoms with E-state index >= 15 is 0 Å². The Kier molecular flexibility index (Phi) is 7.91. The molecule has 1 aromatic heterocycles. The molecule has 6 heteroatoms. The van der Waals surface area contributed by atoms with Crippen LogP contribution in [0.1, 0.15) is 44.4 Å². The smallest absolute Gasteiger partial charge is 0.223 e. The van der Waals surface area contributed by atoms with Crippen molar-refractivity contribution in [1.82, 2.24) is 4.98 Å². The molecule has 1 N–H and O–H groups in total. The van der Waals surface area contributed by atoms with E-state index in [1.54, 1.807) is 0 Å². The molecule has 1 aromatic carbocycles. The first-order valence-corrected chi connectivity index (χ1v) is 10.4. The highest BCUT2D eigenvalue weighted by atomic mass is 32.2. The third kappa shape index (κ3) is 6.33. The van der Waals surface area contributed by atoms with Crippen LogP contribution in [0.3, 0.4) is 0 Å². The number of rotatable bonds is 10.